The fourth-order valence-corrected chi connectivity index (χ4v) is 3.78. The predicted octanol–water partition coefficient (Wildman–Crippen LogP) is 3.33. The van der Waals surface area contributed by atoms with Gasteiger partial charge in [0.1, 0.15) is 0 Å². The minimum Gasteiger partial charge on any atom is -0.353 e. The average Bonchev–Trinajstić information content (AvgIpc) is 3.21. The molecule has 2 N–H and O–H groups in total. The molecular weight excluding hydrogens is 374 g/mol. The molecule has 2 aromatic rings. The SMILES string of the molecule is Cc1ccccc1C(=O)NCC(=O)NCC(c1cccc(Cl)c1)N1CCCC1. The lowest BCUT2D eigenvalue weighted by Gasteiger charge is -2.28. The van der Waals surface area contributed by atoms with Crippen LogP contribution in [-0.2, 0) is 4.79 Å². The van der Waals surface area contributed by atoms with Gasteiger partial charge in [0.25, 0.3) is 5.91 Å². The summed E-state index contributed by atoms with van der Waals surface area (Å²) in [5.74, 6) is -0.438. The van der Waals surface area contributed by atoms with Crippen molar-refractivity contribution in [2.75, 3.05) is 26.2 Å². The standard InChI is InChI=1S/C22H26ClN3O2/c1-16-7-2-3-10-19(16)22(28)25-15-21(27)24-14-20(26-11-4-5-12-26)17-8-6-9-18(23)13-17/h2-3,6-10,13,20H,4-5,11-12,14-15H2,1H3,(H,24,27)(H,25,28). The van der Waals surface area contributed by atoms with Crippen molar-refractivity contribution in [3.63, 3.8) is 0 Å². The zero-order valence-electron chi connectivity index (χ0n) is 16.1. The van der Waals surface area contributed by atoms with Gasteiger partial charge in [-0.3, -0.25) is 14.5 Å². The average molecular weight is 400 g/mol. The van der Waals surface area contributed by atoms with Crippen LogP contribution in [0.25, 0.3) is 0 Å². The lowest BCUT2D eigenvalue weighted by Crippen LogP contribution is -2.41. The fourth-order valence-electron chi connectivity index (χ4n) is 3.58. The van der Waals surface area contributed by atoms with Crippen molar-refractivity contribution in [1.82, 2.24) is 15.5 Å². The van der Waals surface area contributed by atoms with Crippen LogP contribution in [0.5, 0.6) is 0 Å². The molecule has 148 valence electrons. The maximum Gasteiger partial charge on any atom is 0.251 e. The highest BCUT2D eigenvalue weighted by Gasteiger charge is 2.24. The van der Waals surface area contributed by atoms with Crippen LogP contribution in [0.4, 0.5) is 0 Å². The third kappa shape index (κ3) is 5.33. The van der Waals surface area contributed by atoms with Crippen molar-refractivity contribution < 1.29 is 9.59 Å². The first-order valence-corrected chi connectivity index (χ1v) is 10.0. The van der Waals surface area contributed by atoms with Crippen LogP contribution in [-0.4, -0.2) is 42.9 Å². The summed E-state index contributed by atoms with van der Waals surface area (Å²) < 4.78 is 0. The first-order valence-electron chi connectivity index (χ1n) is 9.64. The monoisotopic (exact) mass is 399 g/mol. The molecule has 28 heavy (non-hydrogen) atoms. The van der Waals surface area contributed by atoms with Crippen LogP contribution in [0.15, 0.2) is 48.5 Å². The topological polar surface area (TPSA) is 61.4 Å². The van der Waals surface area contributed by atoms with Crippen LogP contribution in [0.3, 0.4) is 0 Å². The fraction of sp³-hybridized carbons (Fsp3) is 0.364. The number of benzene rings is 2. The van der Waals surface area contributed by atoms with Crippen molar-refractivity contribution >= 4 is 23.4 Å². The molecule has 0 aromatic heterocycles. The number of hydrogen-bond donors (Lipinski definition) is 2. The van der Waals surface area contributed by atoms with Crippen molar-refractivity contribution in [3.05, 3.63) is 70.2 Å². The number of hydrogen-bond acceptors (Lipinski definition) is 3. The van der Waals surface area contributed by atoms with E-state index in [1.807, 2.05) is 49.4 Å². The Hall–Kier alpha value is -2.37. The molecule has 0 saturated carbocycles. The van der Waals surface area contributed by atoms with E-state index >= 15 is 0 Å². The number of nitrogens with one attached hydrogen (secondary N) is 2. The van der Waals surface area contributed by atoms with E-state index in [0.717, 1.165) is 37.1 Å². The molecule has 6 heteroatoms. The molecule has 1 saturated heterocycles. The summed E-state index contributed by atoms with van der Waals surface area (Å²) in [5.41, 5.74) is 2.57. The number of nitrogens with zero attached hydrogens (tertiary/aromatic N) is 1. The van der Waals surface area contributed by atoms with E-state index in [1.54, 1.807) is 6.07 Å². The normalized spacial score (nSPS) is 15.2. The van der Waals surface area contributed by atoms with Gasteiger partial charge in [-0.25, -0.2) is 0 Å². The Kier molecular flexibility index (Phi) is 7.06. The maximum absolute atomic E-state index is 12.3. The summed E-state index contributed by atoms with van der Waals surface area (Å²) in [7, 11) is 0. The van der Waals surface area contributed by atoms with Crippen LogP contribution >= 0.6 is 11.6 Å². The lowest BCUT2D eigenvalue weighted by atomic mass is 10.1. The Morgan fingerprint density at radius 3 is 2.54 bits per heavy atom. The van der Waals surface area contributed by atoms with Crippen molar-refractivity contribution in [3.8, 4) is 0 Å². The van der Waals surface area contributed by atoms with Gasteiger partial charge in [0.2, 0.25) is 5.91 Å². The highest BCUT2D eigenvalue weighted by atomic mass is 35.5. The first-order chi connectivity index (χ1) is 13.5. The molecule has 0 aliphatic carbocycles. The van der Waals surface area contributed by atoms with E-state index in [-0.39, 0.29) is 24.4 Å². The molecule has 1 fully saturated rings. The molecular formula is C22H26ClN3O2. The second-order valence-corrected chi connectivity index (χ2v) is 7.55. The number of aryl methyl sites for hydroxylation is 1. The quantitative estimate of drug-likeness (QED) is 0.750. The number of likely N-dealkylation sites (tertiary alicyclic amines) is 1. The summed E-state index contributed by atoms with van der Waals surface area (Å²) in [6, 6.07) is 15.2. The van der Waals surface area contributed by atoms with Crippen LogP contribution in [0.2, 0.25) is 5.02 Å². The van der Waals surface area contributed by atoms with Gasteiger partial charge in [-0.2, -0.15) is 0 Å². The van der Waals surface area contributed by atoms with Crippen LogP contribution < -0.4 is 10.6 Å². The Balaban J connectivity index is 1.56. The van der Waals surface area contributed by atoms with Gasteiger partial charge in [-0.15, -0.1) is 0 Å². The van der Waals surface area contributed by atoms with Gasteiger partial charge in [-0.1, -0.05) is 41.9 Å². The molecule has 0 bridgehead atoms. The molecule has 0 radical (unpaired) electrons. The van der Waals surface area contributed by atoms with Crippen molar-refractivity contribution in [1.29, 1.82) is 0 Å². The van der Waals surface area contributed by atoms with E-state index in [2.05, 4.69) is 15.5 Å². The number of halogens is 1. The molecule has 3 rings (SSSR count). The predicted molar refractivity (Wildman–Crippen MR) is 112 cm³/mol. The van der Waals surface area contributed by atoms with Gasteiger partial charge in [0, 0.05) is 17.1 Å². The van der Waals surface area contributed by atoms with E-state index in [0.29, 0.717) is 17.1 Å². The Morgan fingerprint density at radius 1 is 1.07 bits per heavy atom. The molecule has 1 unspecified atom stereocenters. The van der Waals surface area contributed by atoms with E-state index in [9.17, 15) is 9.59 Å². The minimum absolute atomic E-state index is 0.0462. The van der Waals surface area contributed by atoms with Gasteiger partial charge < -0.3 is 10.6 Å². The first kappa shape index (κ1) is 20.4. The zero-order valence-corrected chi connectivity index (χ0v) is 16.8. The number of carbonyl (C=O) groups is 2. The minimum atomic E-state index is -0.237. The van der Waals surface area contributed by atoms with Crippen LogP contribution in [0, 0.1) is 6.92 Å². The lowest BCUT2D eigenvalue weighted by molar-refractivity contribution is -0.120. The summed E-state index contributed by atoms with van der Waals surface area (Å²) in [6.45, 7) is 4.34. The van der Waals surface area contributed by atoms with Crippen molar-refractivity contribution in [2.45, 2.75) is 25.8 Å². The molecule has 1 aliphatic heterocycles. The maximum atomic E-state index is 12.3. The van der Waals surface area contributed by atoms with Crippen molar-refractivity contribution in [2.24, 2.45) is 0 Å². The molecule has 1 atom stereocenters. The highest BCUT2D eigenvalue weighted by Crippen LogP contribution is 2.26. The third-order valence-corrected chi connectivity index (χ3v) is 5.34. The molecule has 0 spiro atoms. The van der Waals surface area contributed by atoms with E-state index in [1.165, 1.54) is 0 Å². The summed E-state index contributed by atoms with van der Waals surface area (Å²) >= 11 is 6.16. The highest BCUT2D eigenvalue weighted by molar-refractivity contribution is 6.30. The van der Waals surface area contributed by atoms with Gasteiger partial charge in [0.05, 0.1) is 12.6 Å². The second kappa shape index (κ2) is 9.71. The smallest absolute Gasteiger partial charge is 0.251 e. The molecule has 5 nitrogen and oxygen atoms in total. The Labute approximate surface area is 171 Å². The molecule has 2 aromatic carbocycles. The van der Waals surface area contributed by atoms with Crippen LogP contribution in [0.1, 0.15) is 40.4 Å². The molecule has 2 amide bonds. The van der Waals surface area contributed by atoms with E-state index < -0.39 is 0 Å². The largest absolute Gasteiger partial charge is 0.353 e. The number of carbonyl (C=O) groups excluding carboxylic acids is 2. The molecule has 1 heterocycles. The van der Waals surface area contributed by atoms with Gasteiger partial charge in [0.15, 0.2) is 0 Å². The van der Waals surface area contributed by atoms with E-state index in [4.69, 9.17) is 11.6 Å². The summed E-state index contributed by atoms with van der Waals surface area (Å²) in [4.78, 5) is 26.9. The number of rotatable bonds is 7. The Morgan fingerprint density at radius 2 is 1.82 bits per heavy atom. The second-order valence-electron chi connectivity index (χ2n) is 7.12. The zero-order chi connectivity index (χ0) is 19.9. The third-order valence-electron chi connectivity index (χ3n) is 5.11. The molecule has 1 aliphatic rings. The summed E-state index contributed by atoms with van der Waals surface area (Å²) in [6.07, 6.45) is 2.33. The van der Waals surface area contributed by atoms with Gasteiger partial charge in [-0.05, 0) is 62.2 Å². The van der Waals surface area contributed by atoms with Gasteiger partial charge >= 0.3 is 0 Å². The summed E-state index contributed by atoms with van der Waals surface area (Å²) in [5, 5.41) is 6.35. The number of amides is 2. The Bertz CT molecular complexity index is 834.